The quantitative estimate of drug-likeness (QED) is 0.449. The molecule has 188 valence electrons. The zero-order chi connectivity index (χ0) is 25.3. The SMILES string of the molecule is Cn1c(COc2ccc(CC3SC(O)NC3=O)cc2)nc2ccc(OC3=CC=CCC(C)(N)C3)cc21. The first-order valence-electron chi connectivity index (χ1n) is 11.9. The molecule has 1 aliphatic carbocycles. The van der Waals surface area contributed by atoms with Crippen molar-refractivity contribution in [3.8, 4) is 11.5 Å². The molecule has 2 aromatic carbocycles. The van der Waals surface area contributed by atoms with E-state index in [1.807, 2.05) is 73.2 Å². The number of nitrogens with zero attached hydrogens (tertiary/aromatic N) is 2. The number of allylic oxidation sites excluding steroid dienone is 2. The molecule has 36 heavy (non-hydrogen) atoms. The number of nitrogens with two attached hydrogens (primary N) is 1. The molecule has 0 spiro atoms. The van der Waals surface area contributed by atoms with Gasteiger partial charge in [0.15, 0.2) is 5.56 Å². The Morgan fingerprint density at radius 2 is 2.03 bits per heavy atom. The molecule has 8 nitrogen and oxygen atoms in total. The molecule has 1 saturated heterocycles. The molecular formula is C27H30N4O4S. The first-order valence-corrected chi connectivity index (χ1v) is 12.8. The topological polar surface area (TPSA) is 112 Å². The molecule has 0 radical (unpaired) electrons. The summed E-state index contributed by atoms with van der Waals surface area (Å²) in [6, 6.07) is 13.5. The van der Waals surface area contributed by atoms with E-state index in [2.05, 4.69) is 11.4 Å². The number of aryl methyl sites for hydroxylation is 1. The first kappa shape index (κ1) is 24.4. The Morgan fingerprint density at radius 1 is 1.25 bits per heavy atom. The van der Waals surface area contributed by atoms with Gasteiger partial charge in [-0.05, 0) is 55.7 Å². The van der Waals surface area contributed by atoms with Gasteiger partial charge in [-0.1, -0.05) is 36.0 Å². The molecule has 3 atom stereocenters. The highest BCUT2D eigenvalue weighted by molar-refractivity contribution is 8.01. The van der Waals surface area contributed by atoms with Gasteiger partial charge in [0, 0.05) is 25.1 Å². The number of carbonyl (C=O) groups is 1. The lowest BCUT2D eigenvalue weighted by Gasteiger charge is -2.23. The van der Waals surface area contributed by atoms with Crippen molar-refractivity contribution in [3.05, 3.63) is 77.8 Å². The van der Waals surface area contributed by atoms with Gasteiger partial charge >= 0.3 is 0 Å². The third-order valence-corrected chi connectivity index (χ3v) is 7.42. The van der Waals surface area contributed by atoms with E-state index in [9.17, 15) is 9.90 Å². The van der Waals surface area contributed by atoms with Gasteiger partial charge in [0.05, 0.1) is 16.3 Å². The van der Waals surface area contributed by atoms with Crippen molar-refractivity contribution in [1.82, 2.24) is 14.9 Å². The van der Waals surface area contributed by atoms with Crippen LogP contribution in [0.5, 0.6) is 11.5 Å². The number of imidazole rings is 1. The van der Waals surface area contributed by atoms with Crippen molar-refractivity contribution in [2.45, 2.75) is 49.1 Å². The van der Waals surface area contributed by atoms with Crippen LogP contribution < -0.4 is 20.5 Å². The summed E-state index contributed by atoms with van der Waals surface area (Å²) in [6.07, 6.45) is 8.06. The number of amides is 1. The van der Waals surface area contributed by atoms with Gasteiger partial charge in [0.2, 0.25) is 5.91 Å². The highest BCUT2D eigenvalue weighted by atomic mass is 32.2. The predicted molar refractivity (Wildman–Crippen MR) is 140 cm³/mol. The van der Waals surface area contributed by atoms with E-state index in [4.69, 9.17) is 20.2 Å². The fourth-order valence-electron chi connectivity index (χ4n) is 4.37. The number of hydrogen-bond acceptors (Lipinski definition) is 7. The molecule has 1 aromatic heterocycles. The maximum absolute atomic E-state index is 11.8. The minimum absolute atomic E-state index is 0.135. The van der Waals surface area contributed by atoms with E-state index >= 15 is 0 Å². The van der Waals surface area contributed by atoms with E-state index in [1.54, 1.807) is 0 Å². The summed E-state index contributed by atoms with van der Waals surface area (Å²) in [6.45, 7) is 2.34. The molecule has 2 heterocycles. The van der Waals surface area contributed by atoms with Crippen molar-refractivity contribution in [3.63, 3.8) is 0 Å². The van der Waals surface area contributed by atoms with Crippen molar-refractivity contribution < 1.29 is 19.4 Å². The molecule has 1 amide bonds. The van der Waals surface area contributed by atoms with E-state index in [0.29, 0.717) is 19.4 Å². The zero-order valence-corrected chi connectivity index (χ0v) is 21.1. The average molecular weight is 507 g/mol. The highest BCUT2D eigenvalue weighted by Gasteiger charge is 2.31. The Morgan fingerprint density at radius 3 is 2.78 bits per heavy atom. The molecule has 0 bridgehead atoms. The number of aromatic nitrogens is 2. The van der Waals surface area contributed by atoms with E-state index in [1.165, 1.54) is 11.8 Å². The minimum atomic E-state index is -0.825. The van der Waals surface area contributed by atoms with E-state index in [-0.39, 0.29) is 16.7 Å². The maximum Gasteiger partial charge on any atom is 0.236 e. The summed E-state index contributed by atoms with van der Waals surface area (Å²) in [5, 5.41) is 11.8. The minimum Gasteiger partial charge on any atom is -0.486 e. The number of nitrogens with one attached hydrogen (secondary N) is 1. The second kappa shape index (κ2) is 10.0. The second-order valence-electron chi connectivity index (χ2n) is 9.56. The van der Waals surface area contributed by atoms with Gasteiger partial charge in [0.25, 0.3) is 0 Å². The van der Waals surface area contributed by atoms with Crippen LogP contribution in [0.3, 0.4) is 0 Å². The lowest BCUT2D eigenvalue weighted by molar-refractivity contribution is -0.121. The van der Waals surface area contributed by atoms with Gasteiger partial charge in [-0.3, -0.25) is 4.79 Å². The number of carbonyl (C=O) groups excluding carboxylic acids is 1. The zero-order valence-electron chi connectivity index (χ0n) is 20.3. The van der Waals surface area contributed by atoms with Gasteiger partial charge in [-0.25, -0.2) is 4.98 Å². The largest absolute Gasteiger partial charge is 0.486 e. The number of benzene rings is 2. The summed E-state index contributed by atoms with van der Waals surface area (Å²) in [5.41, 5.74) is 8.03. The summed E-state index contributed by atoms with van der Waals surface area (Å²) >= 11 is 1.23. The molecule has 3 unspecified atom stereocenters. The number of thioether (sulfide) groups is 1. The van der Waals surface area contributed by atoms with Crippen LogP contribution in [-0.4, -0.2) is 36.9 Å². The van der Waals surface area contributed by atoms with Crippen LogP contribution >= 0.6 is 11.8 Å². The first-order chi connectivity index (χ1) is 17.3. The molecule has 1 aliphatic heterocycles. The van der Waals surface area contributed by atoms with E-state index in [0.717, 1.165) is 46.1 Å². The molecule has 2 aliphatic rings. The smallest absolute Gasteiger partial charge is 0.236 e. The van der Waals surface area contributed by atoms with E-state index < -0.39 is 5.56 Å². The second-order valence-corrected chi connectivity index (χ2v) is 10.8. The standard InChI is InChI=1S/C27H30N4O4S/c1-27(28)12-4-3-5-20(15-27)35-19-10-11-21-22(14-19)31(2)24(29-21)16-34-18-8-6-17(7-9-18)13-23-25(32)30-26(33)36-23/h3-11,14,23,26,33H,12-13,15-16,28H2,1-2H3,(H,30,32). The summed E-state index contributed by atoms with van der Waals surface area (Å²) in [7, 11) is 1.96. The van der Waals surface area contributed by atoms with Gasteiger partial charge in [0.1, 0.15) is 29.7 Å². The van der Waals surface area contributed by atoms with Crippen molar-refractivity contribution in [2.24, 2.45) is 12.8 Å². The number of aliphatic hydroxyl groups excluding tert-OH is 1. The van der Waals surface area contributed by atoms with Gasteiger partial charge in [-0.15, -0.1) is 0 Å². The maximum atomic E-state index is 11.8. The lowest BCUT2D eigenvalue weighted by Crippen LogP contribution is -2.36. The number of rotatable bonds is 7. The Labute approximate surface area is 214 Å². The van der Waals surface area contributed by atoms with Crippen molar-refractivity contribution in [1.29, 1.82) is 0 Å². The third-order valence-electron chi connectivity index (χ3n) is 6.34. The number of hydrogen-bond donors (Lipinski definition) is 3. The predicted octanol–water partition coefficient (Wildman–Crippen LogP) is 3.53. The molecule has 9 heteroatoms. The van der Waals surface area contributed by atoms with Crippen molar-refractivity contribution in [2.75, 3.05) is 0 Å². The highest BCUT2D eigenvalue weighted by Crippen LogP contribution is 2.28. The monoisotopic (exact) mass is 506 g/mol. The molecule has 1 fully saturated rings. The normalized spacial score (nSPS) is 23.9. The molecule has 0 saturated carbocycles. The summed E-state index contributed by atoms with van der Waals surface area (Å²) in [4.78, 5) is 16.6. The lowest BCUT2D eigenvalue weighted by atomic mass is 9.95. The third kappa shape index (κ3) is 5.59. The van der Waals surface area contributed by atoms with Gasteiger partial charge < -0.3 is 30.2 Å². The molecule has 4 N–H and O–H groups in total. The molecule has 3 aromatic rings. The van der Waals surface area contributed by atoms with Crippen LogP contribution in [0.2, 0.25) is 0 Å². The summed E-state index contributed by atoms with van der Waals surface area (Å²) < 4.78 is 14.2. The van der Waals surface area contributed by atoms with Crippen LogP contribution in [0.15, 0.2) is 66.5 Å². The number of ether oxygens (including phenoxy) is 2. The number of fused-ring (bicyclic) bond motifs is 1. The Kier molecular flexibility index (Phi) is 6.79. The van der Waals surface area contributed by atoms with Crippen LogP contribution in [-0.2, 0) is 24.9 Å². The number of aliphatic hydroxyl groups is 1. The van der Waals surface area contributed by atoms with Crippen LogP contribution in [0.25, 0.3) is 11.0 Å². The fourth-order valence-corrected chi connectivity index (χ4v) is 5.34. The fraction of sp³-hybridized carbons (Fsp3) is 0.333. The van der Waals surface area contributed by atoms with Crippen LogP contribution in [0.1, 0.15) is 31.2 Å². The Bertz CT molecular complexity index is 1330. The molecule has 5 rings (SSSR count). The Hall–Kier alpha value is -3.27. The molecular weight excluding hydrogens is 476 g/mol. The van der Waals surface area contributed by atoms with Crippen LogP contribution in [0, 0.1) is 0 Å². The Balaban J connectivity index is 1.23. The van der Waals surface area contributed by atoms with Crippen LogP contribution in [0.4, 0.5) is 0 Å². The summed E-state index contributed by atoms with van der Waals surface area (Å²) in [5.74, 6) is 2.96. The average Bonchev–Trinajstić information content (AvgIpc) is 3.25. The van der Waals surface area contributed by atoms with Gasteiger partial charge in [-0.2, -0.15) is 0 Å². The van der Waals surface area contributed by atoms with Crippen molar-refractivity contribution >= 4 is 28.7 Å².